The van der Waals surface area contributed by atoms with Crippen molar-refractivity contribution in [2.45, 2.75) is 11.3 Å². The third kappa shape index (κ3) is 8.91. The molecule has 1 rings (SSSR count). The number of carbonyl (C=O) groups excluding carboxylic acids is 2. The second-order valence-corrected chi connectivity index (χ2v) is 5.28. The van der Waals surface area contributed by atoms with Gasteiger partial charge in [-0.25, -0.2) is 4.89 Å². The van der Waals surface area contributed by atoms with Crippen molar-refractivity contribution in [3.8, 4) is 0 Å². The van der Waals surface area contributed by atoms with Crippen LogP contribution in [0.4, 0.5) is 0 Å². The van der Waals surface area contributed by atoms with Crippen molar-refractivity contribution in [1.82, 2.24) is 0 Å². The van der Waals surface area contributed by atoms with Crippen molar-refractivity contribution < 1.29 is 63.0 Å². The van der Waals surface area contributed by atoms with Crippen LogP contribution in [0.25, 0.3) is 0 Å². The van der Waals surface area contributed by atoms with E-state index < -0.39 is 11.8 Å². The van der Waals surface area contributed by atoms with Crippen molar-refractivity contribution in [1.29, 1.82) is 0 Å². The van der Waals surface area contributed by atoms with Crippen LogP contribution < -0.4 is 46.3 Å². The summed E-state index contributed by atoms with van der Waals surface area (Å²) < 4.78 is 8.92. The number of rotatable bonds is 11. The molecule has 4 N–H and O–H groups in total. The van der Waals surface area contributed by atoms with Crippen molar-refractivity contribution in [2.24, 2.45) is 11.5 Å². The van der Waals surface area contributed by atoms with Crippen LogP contribution in [0.3, 0.4) is 0 Å². The van der Waals surface area contributed by atoms with E-state index in [1.54, 1.807) is 0 Å². The van der Waals surface area contributed by atoms with Crippen LogP contribution in [-0.2, 0) is 18.6 Å². The first-order valence-electron chi connectivity index (χ1n) is 5.84. The zero-order valence-corrected chi connectivity index (χ0v) is 15.8. The fraction of sp³-hybridized carbons (Fsp3) is 0.273. The molecule has 0 radical (unpaired) electrons. The van der Waals surface area contributed by atoms with Gasteiger partial charge in [-0.1, -0.05) is 0 Å². The minimum Gasteiger partial charge on any atom is -0.691 e. The van der Waals surface area contributed by atoms with Gasteiger partial charge in [0.1, 0.15) is 0 Å². The number of hydrogen-bond donors (Lipinski definition) is 2. The Bertz CT molecular complexity index is 521. The molecule has 0 heterocycles. The number of primary amides is 2. The zero-order valence-electron chi connectivity index (χ0n) is 12.2. The average Bonchev–Trinajstić information content (AvgIpc) is 2.49. The van der Waals surface area contributed by atoms with Gasteiger partial charge < -0.3 is 16.7 Å². The molecule has 0 fully saturated rings. The smallest absolute Gasteiger partial charge is 0.691 e. The summed E-state index contributed by atoms with van der Waals surface area (Å²) in [5.74, 6) is -1.03. The first-order chi connectivity index (χ1) is 10.6. The van der Waals surface area contributed by atoms with E-state index in [0.29, 0.717) is 17.1 Å². The minimum absolute atomic E-state index is 0. The van der Waals surface area contributed by atoms with E-state index in [-0.39, 0.29) is 47.3 Å². The van der Waals surface area contributed by atoms with Crippen molar-refractivity contribution in [2.75, 3.05) is 12.4 Å². The van der Waals surface area contributed by atoms with Crippen molar-refractivity contribution in [3.05, 3.63) is 29.3 Å². The molecular weight excluding hydrogens is 359 g/mol. The van der Waals surface area contributed by atoms with E-state index in [1.165, 1.54) is 18.2 Å². The van der Waals surface area contributed by atoms with Gasteiger partial charge in [0.25, 0.3) is 0 Å². The molecule has 0 aliphatic heterocycles. The van der Waals surface area contributed by atoms with E-state index >= 15 is 0 Å². The van der Waals surface area contributed by atoms with E-state index in [1.807, 2.05) is 0 Å². The van der Waals surface area contributed by atoms with E-state index in [4.69, 9.17) is 20.7 Å². The monoisotopic (exact) mass is 372 g/mol. The quantitative estimate of drug-likeness (QED) is 0.137. The Labute approximate surface area is 162 Å². The molecule has 1 aromatic carbocycles. The fourth-order valence-corrected chi connectivity index (χ4v) is 2.15. The predicted molar refractivity (Wildman–Crippen MR) is 75.6 cm³/mol. The Balaban J connectivity index is 0.00000484. The van der Waals surface area contributed by atoms with Gasteiger partial charge in [0, 0.05) is 22.7 Å². The van der Waals surface area contributed by atoms with Crippen molar-refractivity contribution >= 4 is 35.9 Å². The molecular formula is C11H13N2NaO7S2. The van der Waals surface area contributed by atoms with Gasteiger partial charge in [-0.3, -0.25) is 14.6 Å². The van der Waals surface area contributed by atoms with Gasteiger partial charge >= 0.3 is 29.6 Å². The molecule has 23 heavy (non-hydrogen) atoms. The van der Waals surface area contributed by atoms with Gasteiger partial charge in [0.15, 0.2) is 0 Å². The molecule has 0 spiro atoms. The van der Waals surface area contributed by atoms with Crippen LogP contribution >= 0.6 is 24.1 Å². The minimum atomic E-state index is -0.769. The first kappa shape index (κ1) is 22.7. The molecule has 0 unspecified atom stereocenters. The molecule has 2 amide bonds. The summed E-state index contributed by atoms with van der Waals surface area (Å²) in [5.41, 5.74) is 10.4. The summed E-state index contributed by atoms with van der Waals surface area (Å²) in [7, 11) is 0. The summed E-state index contributed by atoms with van der Waals surface area (Å²) in [6.07, 6.45) is 0.557. The van der Waals surface area contributed by atoms with Gasteiger partial charge in [-0.2, -0.15) is 8.67 Å². The zero-order chi connectivity index (χ0) is 16.4. The van der Waals surface area contributed by atoms with E-state index in [9.17, 15) is 14.8 Å². The summed E-state index contributed by atoms with van der Waals surface area (Å²) >= 11 is 1.69. The maximum absolute atomic E-state index is 11.3. The van der Waals surface area contributed by atoms with Crippen LogP contribution in [0.15, 0.2) is 23.1 Å². The second kappa shape index (κ2) is 13.0. The molecule has 9 nitrogen and oxygen atoms in total. The van der Waals surface area contributed by atoms with Crippen LogP contribution in [0.2, 0.25) is 0 Å². The molecule has 1 aromatic rings. The Kier molecular flexibility index (Phi) is 12.8. The largest absolute Gasteiger partial charge is 1.00 e. The number of benzene rings is 1. The summed E-state index contributed by atoms with van der Waals surface area (Å²) in [4.78, 5) is 27.8. The molecule has 0 aliphatic carbocycles. The van der Waals surface area contributed by atoms with Crippen LogP contribution in [0.5, 0.6) is 0 Å². The van der Waals surface area contributed by atoms with Crippen LogP contribution in [0.1, 0.15) is 27.1 Å². The molecule has 0 bridgehead atoms. The first-order valence-corrected chi connectivity index (χ1v) is 7.49. The topological polar surface area (TPSA) is 146 Å². The number of hydrogen-bond acceptors (Lipinski definition) is 9. The maximum Gasteiger partial charge on any atom is 1.00 e. The molecule has 0 aliphatic rings. The summed E-state index contributed by atoms with van der Waals surface area (Å²) in [5, 5.41) is 12.6. The third-order valence-electron chi connectivity index (χ3n) is 2.23. The maximum atomic E-state index is 11.3. The average molecular weight is 372 g/mol. The van der Waals surface area contributed by atoms with Crippen LogP contribution in [0, 0.1) is 0 Å². The van der Waals surface area contributed by atoms with E-state index in [2.05, 4.69) is 9.37 Å². The SMILES string of the molecule is NC(=O)c1ccc(SOOCCCSOO[O-])cc1C(N)=O.[Na+]. The normalized spacial score (nSPS) is 10.1. The number of amides is 2. The predicted octanol–water partition coefficient (Wildman–Crippen LogP) is -2.89. The molecule has 0 saturated carbocycles. The molecule has 0 saturated heterocycles. The van der Waals surface area contributed by atoms with Gasteiger partial charge in [-0.15, -0.1) is 0 Å². The standard InChI is InChI=1S/C11H14N2O7S2.Na/c12-10(14)8-3-2-7(6-9(8)11(13)15)22-19-17-4-1-5-21-20-18-16;/h2-3,6,16H,1,4-5H2,(H2,12,14)(H2,13,15);/q;+1/p-1. The van der Waals surface area contributed by atoms with Gasteiger partial charge in [-0.05, 0) is 24.6 Å². The fourth-order valence-electron chi connectivity index (χ4n) is 1.32. The molecule has 12 heteroatoms. The Morgan fingerprint density at radius 1 is 1.13 bits per heavy atom. The Morgan fingerprint density at radius 3 is 2.43 bits per heavy atom. The molecule has 0 atom stereocenters. The van der Waals surface area contributed by atoms with Crippen molar-refractivity contribution in [3.63, 3.8) is 0 Å². The number of nitrogens with two attached hydrogens (primary N) is 2. The molecule has 0 aromatic heterocycles. The Morgan fingerprint density at radius 2 is 1.83 bits per heavy atom. The second-order valence-electron chi connectivity index (χ2n) is 3.72. The van der Waals surface area contributed by atoms with Gasteiger partial charge in [0.05, 0.1) is 29.8 Å². The number of carbonyl (C=O) groups is 2. The summed E-state index contributed by atoms with van der Waals surface area (Å²) in [6, 6.07) is 4.30. The third-order valence-corrected chi connectivity index (χ3v) is 3.45. The Hall–Kier alpha value is -0.340. The van der Waals surface area contributed by atoms with Crippen LogP contribution in [-0.4, -0.2) is 24.2 Å². The van der Waals surface area contributed by atoms with Gasteiger partial charge in [0.2, 0.25) is 11.8 Å². The summed E-state index contributed by atoms with van der Waals surface area (Å²) in [6.45, 7) is 0.254. The van der Waals surface area contributed by atoms with E-state index in [0.717, 1.165) is 24.1 Å². The molecule has 122 valence electrons.